The van der Waals surface area contributed by atoms with Gasteiger partial charge in [-0.25, -0.2) is 4.79 Å². The quantitative estimate of drug-likeness (QED) is 0.702. The van der Waals surface area contributed by atoms with E-state index >= 15 is 0 Å². The number of oxime groups is 1. The maximum atomic E-state index is 11.9. The van der Waals surface area contributed by atoms with Crippen LogP contribution < -0.4 is 0 Å². The van der Waals surface area contributed by atoms with E-state index in [4.69, 9.17) is 4.84 Å². The smallest absolute Gasteiger partial charge is 0.392 e. The third kappa shape index (κ3) is 5.08. The van der Waals surface area contributed by atoms with E-state index in [9.17, 15) is 18.0 Å². The van der Waals surface area contributed by atoms with Crippen molar-refractivity contribution in [3.63, 3.8) is 0 Å². The maximum absolute atomic E-state index is 11.9. The SMILES string of the molecule is CCCCC1=NOC(C)(C(=O)OCCC(F)(F)F)C1. The molecule has 0 radical (unpaired) electrons. The third-order valence-electron chi connectivity index (χ3n) is 2.79. The highest BCUT2D eigenvalue weighted by molar-refractivity contribution is 5.93. The fraction of sp³-hybridized carbons (Fsp3) is 0.833. The van der Waals surface area contributed by atoms with Gasteiger partial charge in [0.05, 0.1) is 12.1 Å². The molecule has 0 aromatic rings. The highest BCUT2D eigenvalue weighted by Crippen LogP contribution is 2.27. The van der Waals surface area contributed by atoms with Gasteiger partial charge < -0.3 is 9.57 Å². The minimum Gasteiger partial charge on any atom is -0.462 e. The minimum absolute atomic E-state index is 0.276. The molecule has 1 aliphatic rings. The van der Waals surface area contributed by atoms with Crippen LogP contribution in [0, 0.1) is 0 Å². The van der Waals surface area contributed by atoms with E-state index in [2.05, 4.69) is 9.89 Å². The minimum atomic E-state index is -4.33. The number of alkyl halides is 3. The summed E-state index contributed by atoms with van der Waals surface area (Å²) in [7, 11) is 0. The summed E-state index contributed by atoms with van der Waals surface area (Å²) in [5.41, 5.74) is -0.536. The van der Waals surface area contributed by atoms with Gasteiger partial charge in [-0.3, -0.25) is 0 Å². The number of hydrogen-bond acceptors (Lipinski definition) is 4. The van der Waals surface area contributed by atoms with E-state index in [-0.39, 0.29) is 6.42 Å². The summed E-state index contributed by atoms with van der Waals surface area (Å²) < 4.78 is 40.4. The van der Waals surface area contributed by atoms with Crippen molar-refractivity contribution in [3.8, 4) is 0 Å². The molecular weight excluding hydrogens is 263 g/mol. The molecule has 19 heavy (non-hydrogen) atoms. The van der Waals surface area contributed by atoms with E-state index in [1.807, 2.05) is 6.92 Å². The van der Waals surface area contributed by atoms with Crippen LogP contribution in [0.5, 0.6) is 0 Å². The Morgan fingerprint density at radius 1 is 1.53 bits per heavy atom. The van der Waals surface area contributed by atoms with Crippen molar-refractivity contribution >= 4 is 11.7 Å². The molecule has 1 heterocycles. The Bertz CT molecular complexity index is 355. The van der Waals surface area contributed by atoms with Gasteiger partial charge in [-0.2, -0.15) is 13.2 Å². The van der Waals surface area contributed by atoms with Crippen molar-refractivity contribution in [3.05, 3.63) is 0 Å². The molecule has 0 fully saturated rings. The van der Waals surface area contributed by atoms with Gasteiger partial charge in [0.1, 0.15) is 6.61 Å². The topological polar surface area (TPSA) is 47.9 Å². The summed E-state index contributed by atoms with van der Waals surface area (Å²) in [6.07, 6.45) is -2.56. The normalized spacial score (nSPS) is 22.9. The Hall–Kier alpha value is -1.27. The van der Waals surface area contributed by atoms with Crippen molar-refractivity contribution in [2.45, 2.75) is 57.7 Å². The van der Waals surface area contributed by atoms with Crippen LogP contribution in [0.25, 0.3) is 0 Å². The molecule has 1 atom stereocenters. The molecule has 0 aromatic carbocycles. The van der Waals surface area contributed by atoms with E-state index in [0.717, 1.165) is 25.0 Å². The predicted octanol–water partition coefficient (Wildman–Crippen LogP) is 3.21. The lowest BCUT2D eigenvalue weighted by Crippen LogP contribution is -2.37. The lowest BCUT2D eigenvalue weighted by atomic mass is 9.97. The monoisotopic (exact) mass is 281 g/mol. The van der Waals surface area contributed by atoms with Gasteiger partial charge in [0.2, 0.25) is 5.60 Å². The Morgan fingerprint density at radius 3 is 2.79 bits per heavy atom. The van der Waals surface area contributed by atoms with Crippen LogP contribution in [-0.2, 0) is 14.4 Å². The molecule has 0 amide bonds. The molecule has 7 heteroatoms. The first kappa shape index (κ1) is 15.8. The molecular formula is C12H18F3NO3. The van der Waals surface area contributed by atoms with Crippen LogP contribution in [0.15, 0.2) is 5.16 Å². The number of nitrogens with zero attached hydrogens (tertiary/aromatic N) is 1. The fourth-order valence-corrected chi connectivity index (χ4v) is 1.66. The molecule has 0 saturated heterocycles. The van der Waals surface area contributed by atoms with Crippen LogP contribution in [0.3, 0.4) is 0 Å². The standard InChI is InChI=1S/C12H18F3NO3/c1-3-4-5-9-8-11(2,19-16-9)10(17)18-7-6-12(13,14)15/h3-8H2,1-2H3. The molecule has 0 N–H and O–H groups in total. The molecule has 1 aliphatic heterocycles. The van der Waals surface area contributed by atoms with Gasteiger partial charge in [-0.05, 0) is 19.8 Å². The van der Waals surface area contributed by atoms with Crippen LogP contribution in [-0.4, -0.2) is 30.1 Å². The Balaban J connectivity index is 2.37. The zero-order valence-electron chi connectivity index (χ0n) is 11.0. The van der Waals surface area contributed by atoms with Crippen LogP contribution in [0.1, 0.15) is 46.0 Å². The van der Waals surface area contributed by atoms with Gasteiger partial charge >= 0.3 is 12.1 Å². The number of hydrogen-bond donors (Lipinski definition) is 0. The molecule has 0 spiro atoms. The van der Waals surface area contributed by atoms with E-state index < -0.39 is 30.8 Å². The zero-order chi connectivity index (χ0) is 14.5. The number of ether oxygens (including phenoxy) is 1. The summed E-state index contributed by atoms with van der Waals surface area (Å²) in [4.78, 5) is 16.7. The van der Waals surface area contributed by atoms with Crippen LogP contribution >= 0.6 is 0 Å². The molecule has 110 valence electrons. The largest absolute Gasteiger partial charge is 0.462 e. The molecule has 0 aromatic heterocycles. The lowest BCUT2D eigenvalue weighted by molar-refractivity contribution is -0.176. The van der Waals surface area contributed by atoms with E-state index in [1.54, 1.807) is 0 Å². The molecule has 0 bridgehead atoms. The zero-order valence-corrected chi connectivity index (χ0v) is 11.0. The van der Waals surface area contributed by atoms with Crippen LogP contribution in [0.2, 0.25) is 0 Å². The van der Waals surface area contributed by atoms with E-state index in [0.29, 0.717) is 0 Å². The maximum Gasteiger partial charge on any atom is 0.392 e. The van der Waals surface area contributed by atoms with Gasteiger partial charge in [-0.15, -0.1) is 0 Å². The molecule has 1 rings (SSSR count). The molecule has 0 aliphatic carbocycles. The Morgan fingerprint density at radius 2 is 2.21 bits per heavy atom. The third-order valence-corrected chi connectivity index (χ3v) is 2.79. The Kier molecular flexibility index (Phi) is 5.20. The number of rotatable bonds is 6. The van der Waals surface area contributed by atoms with Crippen molar-refractivity contribution in [2.24, 2.45) is 5.16 Å². The Labute approximate surface area is 109 Å². The van der Waals surface area contributed by atoms with Crippen molar-refractivity contribution < 1.29 is 27.5 Å². The van der Waals surface area contributed by atoms with E-state index in [1.165, 1.54) is 6.92 Å². The number of esters is 1. The summed E-state index contributed by atoms with van der Waals surface area (Å²) >= 11 is 0. The molecule has 4 nitrogen and oxygen atoms in total. The number of carbonyl (C=O) groups is 1. The average Bonchev–Trinajstić information content (AvgIpc) is 2.68. The fourth-order valence-electron chi connectivity index (χ4n) is 1.66. The summed E-state index contributed by atoms with van der Waals surface area (Å²) in [5.74, 6) is -0.799. The van der Waals surface area contributed by atoms with Gasteiger partial charge in [0, 0.05) is 6.42 Å². The second kappa shape index (κ2) is 6.25. The summed E-state index contributed by atoms with van der Waals surface area (Å²) in [6, 6.07) is 0. The van der Waals surface area contributed by atoms with Crippen molar-refractivity contribution in [1.82, 2.24) is 0 Å². The highest BCUT2D eigenvalue weighted by atomic mass is 19.4. The van der Waals surface area contributed by atoms with Crippen LogP contribution in [0.4, 0.5) is 13.2 Å². The van der Waals surface area contributed by atoms with Gasteiger partial charge in [-0.1, -0.05) is 18.5 Å². The molecule has 1 unspecified atom stereocenters. The number of carbonyl (C=O) groups excluding carboxylic acids is 1. The van der Waals surface area contributed by atoms with Crippen molar-refractivity contribution in [2.75, 3.05) is 6.61 Å². The number of halogens is 3. The second-order valence-corrected chi connectivity index (χ2v) is 4.76. The second-order valence-electron chi connectivity index (χ2n) is 4.76. The van der Waals surface area contributed by atoms with Gasteiger partial charge in [0.25, 0.3) is 0 Å². The first-order valence-corrected chi connectivity index (χ1v) is 6.25. The lowest BCUT2D eigenvalue weighted by Gasteiger charge is -2.19. The first-order chi connectivity index (χ1) is 8.77. The molecule has 0 saturated carbocycles. The summed E-state index contributed by atoms with van der Waals surface area (Å²) in [6.45, 7) is 2.82. The summed E-state index contributed by atoms with van der Waals surface area (Å²) in [5, 5.41) is 3.80. The van der Waals surface area contributed by atoms with Gasteiger partial charge in [0.15, 0.2) is 0 Å². The number of unbranched alkanes of at least 4 members (excludes halogenated alkanes) is 1. The van der Waals surface area contributed by atoms with Crippen molar-refractivity contribution in [1.29, 1.82) is 0 Å². The highest BCUT2D eigenvalue weighted by Gasteiger charge is 2.43. The first-order valence-electron chi connectivity index (χ1n) is 6.25. The predicted molar refractivity (Wildman–Crippen MR) is 62.7 cm³/mol. The average molecular weight is 281 g/mol.